The molecule has 7 heteroatoms. The summed E-state index contributed by atoms with van der Waals surface area (Å²) in [5.41, 5.74) is 5.03. The van der Waals surface area contributed by atoms with Crippen LogP contribution < -0.4 is 5.32 Å². The van der Waals surface area contributed by atoms with Gasteiger partial charge in [0.1, 0.15) is 12.6 Å². The smallest absolute Gasteiger partial charge is 0.411 e. The number of nitrogens with zero attached hydrogens (tertiary/aromatic N) is 1. The first-order valence-corrected chi connectivity index (χ1v) is 11.7. The van der Waals surface area contributed by atoms with E-state index in [0.717, 1.165) is 22.3 Å². The Morgan fingerprint density at radius 2 is 1.54 bits per heavy atom. The van der Waals surface area contributed by atoms with Gasteiger partial charge in [-0.25, -0.2) is 9.59 Å². The van der Waals surface area contributed by atoms with Crippen LogP contribution in [-0.4, -0.2) is 47.2 Å². The first-order valence-electron chi connectivity index (χ1n) is 11.7. The maximum Gasteiger partial charge on any atom is 0.411 e. The van der Waals surface area contributed by atoms with Crippen molar-refractivity contribution in [2.24, 2.45) is 5.92 Å². The highest BCUT2D eigenvalue weighted by Gasteiger charge is 2.40. The molecule has 1 aliphatic carbocycles. The van der Waals surface area contributed by atoms with Gasteiger partial charge in [0.15, 0.2) is 0 Å². The highest BCUT2D eigenvalue weighted by molar-refractivity contribution is 6.04. The number of carbonyl (C=O) groups is 3. The van der Waals surface area contributed by atoms with Gasteiger partial charge in [-0.3, -0.25) is 10.1 Å². The van der Waals surface area contributed by atoms with Gasteiger partial charge in [-0.15, -0.1) is 0 Å². The SMILES string of the molecule is CC1CCN(C(=O)c2ccccc2NC(=O)OCC2c3ccccc3-c3ccccc32)C1C(=O)O. The molecule has 0 bridgehead atoms. The molecule has 2 unspecified atom stereocenters. The number of carboxylic acid groups (broad SMARTS) is 1. The fourth-order valence-corrected chi connectivity index (χ4v) is 5.23. The summed E-state index contributed by atoms with van der Waals surface area (Å²) in [5.74, 6) is -1.66. The molecule has 3 aromatic carbocycles. The van der Waals surface area contributed by atoms with Crippen molar-refractivity contribution in [2.75, 3.05) is 18.5 Å². The Balaban J connectivity index is 1.31. The number of hydrogen-bond donors (Lipinski definition) is 2. The molecule has 1 heterocycles. The van der Waals surface area contributed by atoms with E-state index in [1.54, 1.807) is 24.3 Å². The number of aliphatic carboxylic acids is 1. The van der Waals surface area contributed by atoms with Crippen molar-refractivity contribution in [3.63, 3.8) is 0 Å². The van der Waals surface area contributed by atoms with Gasteiger partial charge in [-0.2, -0.15) is 0 Å². The molecule has 1 fully saturated rings. The maximum absolute atomic E-state index is 13.2. The fraction of sp³-hybridized carbons (Fsp3) is 0.250. The number of ether oxygens (including phenoxy) is 1. The summed E-state index contributed by atoms with van der Waals surface area (Å²) in [6.45, 7) is 2.34. The molecular weight excluding hydrogens is 444 g/mol. The Morgan fingerprint density at radius 1 is 0.943 bits per heavy atom. The normalized spacial score (nSPS) is 18.6. The van der Waals surface area contributed by atoms with Crippen molar-refractivity contribution < 1.29 is 24.2 Å². The van der Waals surface area contributed by atoms with Crippen LogP contribution in [0.15, 0.2) is 72.8 Å². The second-order valence-corrected chi connectivity index (χ2v) is 9.04. The van der Waals surface area contributed by atoms with Gasteiger partial charge in [0.25, 0.3) is 5.91 Å². The first kappa shape index (κ1) is 22.7. The van der Waals surface area contributed by atoms with Gasteiger partial charge in [0.2, 0.25) is 0 Å². The largest absolute Gasteiger partial charge is 0.480 e. The second-order valence-electron chi connectivity index (χ2n) is 9.04. The van der Waals surface area contributed by atoms with Crippen LogP contribution in [0.3, 0.4) is 0 Å². The lowest BCUT2D eigenvalue weighted by atomic mass is 9.98. The maximum atomic E-state index is 13.2. The average molecular weight is 471 g/mol. The predicted octanol–water partition coefficient (Wildman–Crippen LogP) is 4.98. The number of hydrogen-bond acceptors (Lipinski definition) is 4. The van der Waals surface area contributed by atoms with Crippen LogP contribution in [0.1, 0.15) is 40.7 Å². The molecule has 0 aromatic heterocycles. The Morgan fingerprint density at radius 3 is 2.20 bits per heavy atom. The second kappa shape index (κ2) is 9.25. The minimum absolute atomic E-state index is 0.0764. The van der Waals surface area contributed by atoms with E-state index in [1.807, 2.05) is 43.3 Å². The van der Waals surface area contributed by atoms with E-state index >= 15 is 0 Å². The van der Waals surface area contributed by atoms with Crippen LogP contribution in [0, 0.1) is 5.92 Å². The first-order chi connectivity index (χ1) is 17.0. The minimum Gasteiger partial charge on any atom is -0.480 e. The van der Waals surface area contributed by atoms with Gasteiger partial charge < -0.3 is 14.7 Å². The zero-order valence-electron chi connectivity index (χ0n) is 19.3. The van der Waals surface area contributed by atoms with Crippen molar-refractivity contribution in [2.45, 2.75) is 25.3 Å². The number of fused-ring (bicyclic) bond motifs is 3. The van der Waals surface area contributed by atoms with E-state index in [4.69, 9.17) is 4.74 Å². The molecule has 2 N–H and O–H groups in total. The van der Waals surface area contributed by atoms with Crippen LogP contribution in [0.25, 0.3) is 11.1 Å². The van der Waals surface area contributed by atoms with Crippen molar-refractivity contribution in [1.29, 1.82) is 0 Å². The Hall–Kier alpha value is -4.13. The lowest BCUT2D eigenvalue weighted by molar-refractivity contribution is -0.142. The molecule has 3 aromatic rings. The number of benzene rings is 3. The molecule has 0 saturated carbocycles. The van der Waals surface area contributed by atoms with Gasteiger partial charge in [-0.05, 0) is 46.7 Å². The molecule has 0 spiro atoms. The summed E-state index contributed by atoms with van der Waals surface area (Å²) in [5, 5.41) is 12.3. The number of rotatable bonds is 5. The van der Waals surface area contributed by atoms with E-state index in [-0.39, 0.29) is 24.0 Å². The molecular formula is C28H26N2O5. The molecule has 2 aliphatic rings. The summed E-state index contributed by atoms with van der Waals surface area (Å²) in [6.07, 6.45) is -0.0540. The van der Waals surface area contributed by atoms with Gasteiger partial charge in [-0.1, -0.05) is 67.6 Å². The minimum atomic E-state index is -1.02. The molecule has 1 aliphatic heterocycles. The number of para-hydroxylation sites is 1. The van der Waals surface area contributed by atoms with E-state index in [1.165, 1.54) is 4.90 Å². The third-order valence-corrected chi connectivity index (χ3v) is 6.95. The van der Waals surface area contributed by atoms with Crippen LogP contribution in [0.2, 0.25) is 0 Å². The summed E-state index contributed by atoms with van der Waals surface area (Å²) < 4.78 is 5.61. The summed E-state index contributed by atoms with van der Waals surface area (Å²) in [7, 11) is 0. The summed E-state index contributed by atoms with van der Waals surface area (Å²) >= 11 is 0. The topological polar surface area (TPSA) is 95.9 Å². The highest BCUT2D eigenvalue weighted by Crippen LogP contribution is 2.44. The van der Waals surface area contributed by atoms with Crippen molar-refractivity contribution in [3.8, 4) is 11.1 Å². The Kier molecular flexibility index (Phi) is 5.99. The fourth-order valence-electron chi connectivity index (χ4n) is 5.23. The number of nitrogens with one attached hydrogen (secondary N) is 1. The zero-order valence-corrected chi connectivity index (χ0v) is 19.3. The van der Waals surface area contributed by atoms with Crippen LogP contribution in [0.4, 0.5) is 10.5 Å². The van der Waals surface area contributed by atoms with Crippen molar-refractivity contribution in [3.05, 3.63) is 89.5 Å². The lowest BCUT2D eigenvalue weighted by Crippen LogP contribution is -2.43. The molecule has 0 radical (unpaired) electrons. The van der Waals surface area contributed by atoms with Crippen LogP contribution >= 0.6 is 0 Å². The molecule has 5 rings (SSSR count). The summed E-state index contributed by atoms with van der Waals surface area (Å²) in [4.78, 5) is 39.1. The quantitative estimate of drug-likeness (QED) is 0.548. The number of anilines is 1. The molecule has 2 atom stereocenters. The third-order valence-electron chi connectivity index (χ3n) is 6.95. The number of amides is 2. The van der Waals surface area contributed by atoms with Gasteiger partial charge >= 0.3 is 12.1 Å². The summed E-state index contributed by atoms with van der Waals surface area (Å²) in [6, 6.07) is 21.9. The van der Waals surface area contributed by atoms with E-state index < -0.39 is 24.0 Å². The lowest BCUT2D eigenvalue weighted by Gasteiger charge is -2.24. The standard InChI is InChI=1S/C28H26N2O5/c1-17-14-15-30(25(17)27(32)33)26(31)22-12-6-7-13-24(22)29-28(34)35-16-23-20-10-4-2-8-18(20)19-9-3-5-11-21(19)23/h2-13,17,23,25H,14-16H2,1H3,(H,29,34)(H,32,33). The van der Waals surface area contributed by atoms with Gasteiger partial charge in [0.05, 0.1) is 11.3 Å². The predicted molar refractivity (Wildman–Crippen MR) is 131 cm³/mol. The number of carbonyl (C=O) groups excluding carboxylic acids is 2. The van der Waals surface area contributed by atoms with E-state index in [0.29, 0.717) is 18.7 Å². The Bertz CT molecular complexity index is 1260. The molecule has 178 valence electrons. The van der Waals surface area contributed by atoms with E-state index in [2.05, 4.69) is 17.4 Å². The zero-order chi connectivity index (χ0) is 24.5. The van der Waals surface area contributed by atoms with Crippen LogP contribution in [-0.2, 0) is 9.53 Å². The number of likely N-dealkylation sites (tertiary alicyclic amines) is 1. The monoisotopic (exact) mass is 470 g/mol. The number of carboxylic acids is 1. The third kappa shape index (κ3) is 4.14. The van der Waals surface area contributed by atoms with E-state index in [9.17, 15) is 19.5 Å². The van der Waals surface area contributed by atoms with Crippen molar-refractivity contribution in [1.82, 2.24) is 4.90 Å². The molecule has 35 heavy (non-hydrogen) atoms. The highest BCUT2D eigenvalue weighted by atomic mass is 16.5. The molecule has 2 amide bonds. The molecule has 1 saturated heterocycles. The van der Waals surface area contributed by atoms with Crippen LogP contribution in [0.5, 0.6) is 0 Å². The average Bonchev–Trinajstić information content (AvgIpc) is 3.41. The molecule has 7 nitrogen and oxygen atoms in total. The van der Waals surface area contributed by atoms with Gasteiger partial charge in [0, 0.05) is 12.5 Å². The Labute approximate surface area is 203 Å². The van der Waals surface area contributed by atoms with Crippen molar-refractivity contribution >= 4 is 23.7 Å².